The van der Waals surface area contributed by atoms with Crippen LogP contribution in [0.5, 0.6) is 0 Å². The number of likely N-dealkylation sites (tertiary alicyclic amines) is 2. The van der Waals surface area contributed by atoms with Crippen LogP contribution in [0.25, 0.3) is 10.9 Å². The topological polar surface area (TPSA) is 182 Å². The Hall–Kier alpha value is -5.39. The van der Waals surface area contributed by atoms with Gasteiger partial charge in [0.25, 0.3) is 0 Å². The third kappa shape index (κ3) is 16.1. The van der Waals surface area contributed by atoms with Gasteiger partial charge in [0.05, 0.1) is 35.1 Å². The van der Waals surface area contributed by atoms with Crippen LogP contribution in [0.2, 0.25) is 0 Å². The Labute approximate surface area is 424 Å². The van der Waals surface area contributed by atoms with E-state index < -0.39 is 23.7 Å². The molecule has 72 heavy (non-hydrogen) atoms. The number of nitrogens with zero attached hydrogens (tertiary/aromatic N) is 6. The number of unbranched alkanes of at least 4 members (excludes halogenated alkanes) is 12. The maximum atomic E-state index is 14.0. The summed E-state index contributed by atoms with van der Waals surface area (Å²) in [5, 5.41) is 12.8. The van der Waals surface area contributed by atoms with E-state index in [-0.39, 0.29) is 71.3 Å². The number of carbonyl (C=O) groups is 5. The van der Waals surface area contributed by atoms with Crippen LogP contribution in [0.15, 0.2) is 49.1 Å². The summed E-state index contributed by atoms with van der Waals surface area (Å²) < 4.78 is 40.7. The Bertz CT molecular complexity index is 2230. The van der Waals surface area contributed by atoms with Crippen LogP contribution in [-0.4, -0.2) is 123 Å². The van der Waals surface area contributed by atoms with Gasteiger partial charge in [-0.25, -0.2) is 9.97 Å². The maximum Gasteiger partial charge on any atom is 0.416 e. The average molecular weight is 1010 g/mol. The average Bonchev–Trinajstić information content (AvgIpc) is 3.87. The first-order chi connectivity index (χ1) is 34.6. The van der Waals surface area contributed by atoms with Crippen molar-refractivity contribution in [2.24, 2.45) is 5.92 Å². The molecule has 1 saturated carbocycles. The molecule has 6 rings (SSSR count). The second-order valence-corrected chi connectivity index (χ2v) is 20.6. The SMILES string of the molecule is CC(C)N(C)[C@@H]1CC[C@H](N2CC[C@H](Nc3ncnc4ccc(C(F)(F)F)cc34)C2=O)[C@H](NC(=O)CCCCCCCCC(=O)NCCCCCCCCCCNC(=O)[C@H]2CC(=O)N(C)[C@@H]2c2cccnc2)C1. The van der Waals surface area contributed by atoms with Gasteiger partial charge in [-0.05, 0) is 102 Å². The van der Waals surface area contributed by atoms with Crippen LogP contribution in [0, 0.1) is 5.92 Å². The minimum atomic E-state index is -4.53. The van der Waals surface area contributed by atoms with Gasteiger partial charge in [0.15, 0.2) is 0 Å². The van der Waals surface area contributed by atoms with Crippen molar-refractivity contribution in [1.82, 2.24) is 45.6 Å². The summed E-state index contributed by atoms with van der Waals surface area (Å²) in [7, 11) is 3.85. The van der Waals surface area contributed by atoms with Crippen LogP contribution in [0.1, 0.15) is 166 Å². The highest BCUT2D eigenvalue weighted by Gasteiger charge is 2.44. The smallest absolute Gasteiger partial charge is 0.358 e. The molecule has 15 nitrogen and oxygen atoms in total. The number of amides is 5. The molecular formula is C54H79F3N10O5. The number of benzene rings is 1. The molecule has 2 aromatic heterocycles. The predicted octanol–water partition coefficient (Wildman–Crippen LogP) is 8.50. The van der Waals surface area contributed by atoms with Gasteiger partial charge in [0, 0.05) is 75.8 Å². The molecule has 1 aliphatic carbocycles. The summed E-state index contributed by atoms with van der Waals surface area (Å²) in [4.78, 5) is 83.5. The number of hydrogen-bond acceptors (Lipinski definition) is 10. The van der Waals surface area contributed by atoms with Gasteiger partial charge in [0.2, 0.25) is 29.5 Å². The van der Waals surface area contributed by atoms with Crippen LogP contribution in [0.3, 0.4) is 0 Å². The van der Waals surface area contributed by atoms with Gasteiger partial charge in [0.1, 0.15) is 18.2 Å². The molecule has 3 aromatic rings. The number of aromatic nitrogens is 3. The van der Waals surface area contributed by atoms with E-state index in [1.54, 1.807) is 24.3 Å². The zero-order valence-electron chi connectivity index (χ0n) is 43.0. The van der Waals surface area contributed by atoms with Crippen molar-refractivity contribution in [3.63, 3.8) is 0 Å². The summed E-state index contributed by atoms with van der Waals surface area (Å²) in [6.07, 6.45) is 18.1. The lowest BCUT2D eigenvalue weighted by molar-refractivity contribution is -0.137. The minimum Gasteiger partial charge on any atom is -0.358 e. The molecule has 0 bridgehead atoms. The molecule has 2 saturated heterocycles. The van der Waals surface area contributed by atoms with E-state index in [0.717, 1.165) is 120 Å². The molecule has 3 aliphatic rings. The minimum absolute atomic E-state index is 0.0236. The Balaban J connectivity index is 0.788. The van der Waals surface area contributed by atoms with E-state index in [0.29, 0.717) is 56.9 Å². The summed E-state index contributed by atoms with van der Waals surface area (Å²) in [6, 6.07) is 6.24. The summed E-state index contributed by atoms with van der Waals surface area (Å²) >= 11 is 0. The number of rotatable bonds is 28. The van der Waals surface area contributed by atoms with Crippen molar-refractivity contribution < 1.29 is 37.1 Å². The molecule has 6 atom stereocenters. The van der Waals surface area contributed by atoms with Crippen LogP contribution < -0.4 is 21.3 Å². The van der Waals surface area contributed by atoms with E-state index in [1.807, 2.05) is 17.0 Å². The van der Waals surface area contributed by atoms with Crippen molar-refractivity contribution in [3.8, 4) is 0 Å². The van der Waals surface area contributed by atoms with E-state index in [2.05, 4.69) is 62.0 Å². The molecule has 1 aromatic carbocycles. The van der Waals surface area contributed by atoms with Crippen molar-refractivity contribution in [1.29, 1.82) is 0 Å². The lowest BCUT2D eigenvalue weighted by Crippen LogP contribution is -2.58. The fraction of sp³-hybridized carbons (Fsp3) is 0.667. The third-order valence-corrected chi connectivity index (χ3v) is 15.2. The number of halogens is 3. The van der Waals surface area contributed by atoms with E-state index in [9.17, 15) is 37.1 Å². The number of fused-ring (bicyclic) bond motifs is 1. The molecule has 3 fully saturated rings. The highest BCUT2D eigenvalue weighted by Crippen LogP contribution is 2.37. The molecule has 0 unspecified atom stereocenters. The number of nitrogens with one attached hydrogen (secondary N) is 4. The zero-order valence-corrected chi connectivity index (χ0v) is 43.0. The van der Waals surface area contributed by atoms with Gasteiger partial charge in [-0.3, -0.25) is 29.0 Å². The van der Waals surface area contributed by atoms with Gasteiger partial charge in [-0.1, -0.05) is 70.3 Å². The number of anilines is 1. The molecule has 0 spiro atoms. The largest absolute Gasteiger partial charge is 0.416 e. The Morgan fingerprint density at radius 1 is 0.819 bits per heavy atom. The fourth-order valence-electron chi connectivity index (χ4n) is 10.8. The first kappa shape index (κ1) is 55.9. The quantitative estimate of drug-likeness (QED) is 0.0515. The lowest BCUT2D eigenvalue weighted by atomic mass is 9.84. The zero-order chi connectivity index (χ0) is 51.6. The molecule has 5 amide bonds. The van der Waals surface area contributed by atoms with E-state index in [4.69, 9.17) is 0 Å². The molecule has 18 heteroatoms. The van der Waals surface area contributed by atoms with E-state index >= 15 is 0 Å². The molecule has 0 radical (unpaired) electrons. The lowest BCUT2D eigenvalue weighted by Gasteiger charge is -2.44. The molecular weight excluding hydrogens is 926 g/mol. The van der Waals surface area contributed by atoms with Crippen molar-refractivity contribution >= 4 is 46.3 Å². The Morgan fingerprint density at radius 3 is 2.12 bits per heavy atom. The summed E-state index contributed by atoms with van der Waals surface area (Å²) in [6.45, 7) is 6.07. The standard InChI is InChI=1S/C54H79F3N10O5/c1-37(2)65(3)40-24-26-46(67-31-27-44(53(67)72)64-51-41-32-39(54(55,56)57)23-25-43(41)61-36-62-51)45(33-40)63-48(69)22-16-12-8-7-11-15-21-47(68)59-29-17-13-9-5-6-10-14-18-30-60-52(71)42-34-49(70)66(4)50(42)38-20-19-28-58-35-38/h19-20,23,25,28,32,35-37,40,42,44-46,50H,5-18,21-22,24,26-27,29-31,33-34H2,1-4H3,(H,59,68)(H,60,71)(H,63,69)(H,61,62,64)/t40-,42+,44+,45-,46+,50-/m1/s1. The summed E-state index contributed by atoms with van der Waals surface area (Å²) in [5.41, 5.74) is 0.418. The second-order valence-electron chi connectivity index (χ2n) is 20.6. The molecule has 2 aliphatic heterocycles. The number of alkyl halides is 3. The van der Waals surface area contributed by atoms with Crippen molar-refractivity contribution in [2.75, 3.05) is 39.0 Å². The number of carbonyl (C=O) groups excluding carboxylic acids is 5. The van der Waals surface area contributed by atoms with Crippen molar-refractivity contribution in [2.45, 2.75) is 191 Å². The van der Waals surface area contributed by atoms with Crippen LogP contribution >= 0.6 is 0 Å². The van der Waals surface area contributed by atoms with Gasteiger partial charge < -0.3 is 36.0 Å². The molecule has 4 heterocycles. The Kier molecular flexibility index (Phi) is 21.4. The third-order valence-electron chi connectivity index (χ3n) is 15.2. The van der Waals surface area contributed by atoms with E-state index in [1.165, 1.54) is 12.4 Å². The van der Waals surface area contributed by atoms with Crippen molar-refractivity contribution in [3.05, 3.63) is 60.2 Å². The predicted molar refractivity (Wildman–Crippen MR) is 272 cm³/mol. The van der Waals surface area contributed by atoms with Gasteiger partial charge in [-0.15, -0.1) is 0 Å². The van der Waals surface area contributed by atoms with Gasteiger partial charge in [-0.2, -0.15) is 13.2 Å². The highest BCUT2D eigenvalue weighted by molar-refractivity contribution is 5.93. The second kappa shape index (κ2) is 27.6. The maximum absolute atomic E-state index is 14.0. The fourth-order valence-corrected chi connectivity index (χ4v) is 10.8. The molecule has 4 N–H and O–H groups in total. The van der Waals surface area contributed by atoms with Crippen LogP contribution in [-0.2, 0) is 30.1 Å². The van der Waals surface area contributed by atoms with Gasteiger partial charge >= 0.3 is 6.18 Å². The summed E-state index contributed by atoms with van der Waals surface area (Å²) in [5.74, 6) is -0.382. The number of hydrogen-bond donors (Lipinski definition) is 4. The number of pyridine rings is 1. The highest BCUT2D eigenvalue weighted by atomic mass is 19.4. The normalized spacial score (nSPS) is 21.5. The van der Waals surface area contributed by atoms with Crippen LogP contribution in [0.4, 0.5) is 19.0 Å². The monoisotopic (exact) mass is 1000 g/mol. The Morgan fingerprint density at radius 2 is 1.47 bits per heavy atom. The molecule has 396 valence electrons. The first-order valence-corrected chi connectivity index (χ1v) is 26.7. The first-order valence-electron chi connectivity index (χ1n) is 26.7.